The fraction of sp³-hybridized carbons (Fsp3) is 0.167. The van der Waals surface area contributed by atoms with Gasteiger partial charge in [-0.15, -0.1) is 0 Å². The lowest BCUT2D eigenvalue weighted by Crippen LogP contribution is -2.31. The molecule has 148 valence electrons. The molecular weight excluding hydrogens is 380 g/mol. The molecule has 2 N–H and O–H groups in total. The Labute approximate surface area is 171 Å². The fourth-order valence-electron chi connectivity index (χ4n) is 3.82. The molecule has 3 aromatic carbocycles. The van der Waals surface area contributed by atoms with Gasteiger partial charge in [0.25, 0.3) is 10.0 Å². The van der Waals surface area contributed by atoms with Gasteiger partial charge in [0.05, 0.1) is 0 Å². The Morgan fingerprint density at radius 3 is 1.83 bits per heavy atom. The number of hydrogen-bond donors (Lipinski definition) is 2. The summed E-state index contributed by atoms with van der Waals surface area (Å²) in [5, 5.41) is 1.14. The molecule has 0 spiro atoms. The van der Waals surface area contributed by atoms with Crippen LogP contribution >= 0.6 is 0 Å². The first-order chi connectivity index (χ1) is 14.0. The Kier molecular flexibility index (Phi) is 5.26. The van der Waals surface area contributed by atoms with Crippen molar-refractivity contribution in [3.8, 4) is 0 Å². The maximum Gasteiger partial charge on any atom is 0.256 e. The highest BCUT2D eigenvalue weighted by Crippen LogP contribution is 2.40. The summed E-state index contributed by atoms with van der Waals surface area (Å²) in [4.78, 5) is 3.18. The molecule has 0 fully saturated rings. The molecular formula is C24H24N2O2S. The number of rotatable bonds is 6. The normalized spacial score (nSPS) is 12.1. The van der Waals surface area contributed by atoms with E-state index < -0.39 is 10.0 Å². The predicted molar refractivity (Wildman–Crippen MR) is 118 cm³/mol. The van der Waals surface area contributed by atoms with Crippen LogP contribution < -0.4 is 4.72 Å². The molecule has 5 heteroatoms. The van der Waals surface area contributed by atoms with Gasteiger partial charge in [0, 0.05) is 28.4 Å². The number of sulfonamides is 1. The van der Waals surface area contributed by atoms with Crippen LogP contribution in [0.25, 0.3) is 10.9 Å². The maximum absolute atomic E-state index is 13.3. The quantitative estimate of drug-likeness (QED) is 0.473. The van der Waals surface area contributed by atoms with Gasteiger partial charge in [-0.2, -0.15) is 0 Å². The zero-order valence-electron chi connectivity index (χ0n) is 16.5. The van der Waals surface area contributed by atoms with E-state index in [1.807, 2.05) is 98.8 Å². The van der Waals surface area contributed by atoms with Crippen LogP contribution in [0.4, 0.5) is 0 Å². The van der Waals surface area contributed by atoms with Gasteiger partial charge in [0.1, 0.15) is 0 Å². The van der Waals surface area contributed by atoms with Crippen molar-refractivity contribution in [3.63, 3.8) is 0 Å². The van der Waals surface area contributed by atoms with E-state index in [1.165, 1.54) is 0 Å². The minimum atomic E-state index is -3.72. The standard InChI is InChI=1S/C24H24N2O2S/c1-17(2)26-29(27,28)24-23(20-15-9-10-16-21(20)25-24)22(18-11-5-3-6-12-18)19-13-7-4-8-14-19/h3-17,22,25-26H,1-2H3. The van der Waals surface area contributed by atoms with Crippen molar-refractivity contribution in [2.75, 3.05) is 0 Å². The Morgan fingerprint density at radius 1 is 0.759 bits per heavy atom. The van der Waals surface area contributed by atoms with Crippen molar-refractivity contribution < 1.29 is 8.42 Å². The summed E-state index contributed by atoms with van der Waals surface area (Å²) in [5.41, 5.74) is 3.67. The molecule has 1 aromatic heterocycles. The van der Waals surface area contributed by atoms with Crippen molar-refractivity contribution >= 4 is 20.9 Å². The molecule has 0 unspecified atom stereocenters. The Bertz CT molecular complexity index is 1170. The summed E-state index contributed by atoms with van der Waals surface area (Å²) in [6.45, 7) is 3.65. The van der Waals surface area contributed by atoms with E-state index in [0.29, 0.717) is 0 Å². The third-order valence-corrected chi connectivity index (χ3v) is 6.57. The summed E-state index contributed by atoms with van der Waals surface area (Å²) in [6.07, 6.45) is 0. The number of aromatic amines is 1. The van der Waals surface area contributed by atoms with Crippen molar-refractivity contribution in [2.45, 2.75) is 30.8 Å². The minimum absolute atomic E-state index is 0.203. The highest BCUT2D eigenvalue weighted by atomic mass is 32.2. The van der Waals surface area contributed by atoms with Crippen molar-refractivity contribution in [3.05, 3.63) is 102 Å². The first-order valence-corrected chi connectivity index (χ1v) is 11.2. The summed E-state index contributed by atoms with van der Waals surface area (Å²) in [6, 6.07) is 27.6. The number of hydrogen-bond acceptors (Lipinski definition) is 2. The third kappa shape index (κ3) is 3.84. The molecule has 0 saturated carbocycles. The number of para-hydroxylation sites is 1. The Hall–Kier alpha value is -2.89. The van der Waals surface area contributed by atoms with Crippen LogP contribution in [0.15, 0.2) is 90.0 Å². The van der Waals surface area contributed by atoms with E-state index in [4.69, 9.17) is 0 Å². The second-order valence-electron chi connectivity index (χ2n) is 7.44. The minimum Gasteiger partial charge on any atom is -0.344 e. The topological polar surface area (TPSA) is 62.0 Å². The molecule has 0 atom stereocenters. The molecule has 4 aromatic rings. The van der Waals surface area contributed by atoms with Gasteiger partial charge in [-0.1, -0.05) is 78.9 Å². The Morgan fingerprint density at radius 2 is 1.28 bits per heavy atom. The molecule has 0 radical (unpaired) electrons. The average molecular weight is 405 g/mol. The smallest absolute Gasteiger partial charge is 0.256 e. The molecule has 0 aliphatic carbocycles. The van der Waals surface area contributed by atoms with Crippen LogP contribution in [0.2, 0.25) is 0 Å². The second-order valence-corrected chi connectivity index (χ2v) is 9.09. The zero-order chi connectivity index (χ0) is 20.4. The third-order valence-electron chi connectivity index (χ3n) is 4.92. The highest BCUT2D eigenvalue weighted by molar-refractivity contribution is 7.89. The summed E-state index contributed by atoms with van der Waals surface area (Å²) >= 11 is 0. The van der Waals surface area contributed by atoms with Crippen molar-refractivity contribution in [2.24, 2.45) is 0 Å². The molecule has 29 heavy (non-hydrogen) atoms. The van der Waals surface area contributed by atoms with Crippen LogP contribution in [0, 0.1) is 0 Å². The SMILES string of the molecule is CC(C)NS(=O)(=O)c1[nH]c2ccccc2c1C(c1ccccc1)c1ccccc1. The largest absolute Gasteiger partial charge is 0.344 e. The van der Waals surface area contributed by atoms with E-state index in [-0.39, 0.29) is 17.0 Å². The number of benzene rings is 3. The lowest BCUT2D eigenvalue weighted by Gasteiger charge is -2.20. The van der Waals surface area contributed by atoms with Crippen LogP contribution in [-0.2, 0) is 10.0 Å². The van der Waals surface area contributed by atoms with Gasteiger partial charge in [-0.25, -0.2) is 13.1 Å². The molecule has 0 amide bonds. The van der Waals surface area contributed by atoms with E-state index in [1.54, 1.807) is 0 Å². The number of nitrogens with one attached hydrogen (secondary N) is 2. The van der Waals surface area contributed by atoms with E-state index in [9.17, 15) is 8.42 Å². The number of fused-ring (bicyclic) bond motifs is 1. The van der Waals surface area contributed by atoms with Crippen LogP contribution in [-0.4, -0.2) is 19.4 Å². The van der Waals surface area contributed by atoms with E-state index >= 15 is 0 Å². The van der Waals surface area contributed by atoms with Gasteiger partial charge >= 0.3 is 0 Å². The van der Waals surface area contributed by atoms with Gasteiger partial charge < -0.3 is 4.98 Å². The van der Waals surface area contributed by atoms with Gasteiger partial charge in [-0.3, -0.25) is 0 Å². The number of aromatic nitrogens is 1. The molecule has 0 aliphatic rings. The number of H-pyrrole nitrogens is 1. The molecule has 4 nitrogen and oxygen atoms in total. The molecule has 0 bridgehead atoms. The summed E-state index contributed by atoms with van der Waals surface area (Å²) in [7, 11) is -3.72. The van der Waals surface area contributed by atoms with Crippen LogP contribution in [0.3, 0.4) is 0 Å². The van der Waals surface area contributed by atoms with Crippen LogP contribution in [0.1, 0.15) is 36.5 Å². The zero-order valence-corrected chi connectivity index (χ0v) is 17.3. The van der Waals surface area contributed by atoms with Crippen molar-refractivity contribution in [1.82, 2.24) is 9.71 Å². The lowest BCUT2D eigenvalue weighted by molar-refractivity contribution is 0.565. The lowest BCUT2D eigenvalue weighted by atomic mass is 9.85. The predicted octanol–water partition coefficient (Wildman–Crippen LogP) is 5.03. The second kappa shape index (κ2) is 7.85. The Balaban J connectivity index is 2.05. The summed E-state index contributed by atoms with van der Waals surface area (Å²) in [5.74, 6) is -0.215. The fourth-order valence-corrected chi connectivity index (χ4v) is 5.32. The van der Waals surface area contributed by atoms with E-state index in [0.717, 1.165) is 27.6 Å². The van der Waals surface area contributed by atoms with Gasteiger partial charge in [0.2, 0.25) is 0 Å². The van der Waals surface area contributed by atoms with Gasteiger partial charge in [-0.05, 0) is 31.0 Å². The molecule has 0 aliphatic heterocycles. The van der Waals surface area contributed by atoms with E-state index in [2.05, 4.69) is 9.71 Å². The summed E-state index contributed by atoms with van der Waals surface area (Å²) < 4.78 is 29.3. The van der Waals surface area contributed by atoms with Gasteiger partial charge in [0.15, 0.2) is 5.03 Å². The molecule has 1 heterocycles. The molecule has 4 rings (SSSR count). The highest BCUT2D eigenvalue weighted by Gasteiger charge is 2.30. The average Bonchev–Trinajstić information content (AvgIpc) is 3.10. The first kappa shape index (κ1) is 19.4. The first-order valence-electron chi connectivity index (χ1n) is 9.70. The maximum atomic E-state index is 13.3. The molecule has 0 saturated heterocycles. The van der Waals surface area contributed by atoms with Crippen LogP contribution in [0.5, 0.6) is 0 Å². The van der Waals surface area contributed by atoms with Crippen molar-refractivity contribution in [1.29, 1.82) is 0 Å². The monoisotopic (exact) mass is 404 g/mol.